The molecule has 0 N–H and O–H groups in total. The van der Waals surface area contributed by atoms with Crippen molar-refractivity contribution in [2.75, 3.05) is 7.11 Å². The van der Waals surface area contributed by atoms with Crippen LogP contribution in [0.5, 0.6) is 11.5 Å². The summed E-state index contributed by atoms with van der Waals surface area (Å²) >= 11 is 0. The Kier molecular flexibility index (Phi) is 4.57. The molecule has 0 saturated carbocycles. The summed E-state index contributed by atoms with van der Waals surface area (Å²) in [7, 11) is 1.21. The third-order valence-electron chi connectivity index (χ3n) is 3.68. The maximum Gasteiger partial charge on any atom is 0.420 e. The SMILES string of the molecule is COc1cc(Cn2c(=O)oc3ccccc32)c([N+](=O)[O-])cc1OC(F)F. The van der Waals surface area contributed by atoms with Crippen LogP contribution in [0.3, 0.4) is 0 Å². The predicted octanol–water partition coefficient (Wildman–Crippen LogP) is 3.16. The second kappa shape index (κ2) is 6.82. The van der Waals surface area contributed by atoms with Gasteiger partial charge in [-0.3, -0.25) is 14.7 Å². The number of hydrogen-bond donors (Lipinski definition) is 0. The average molecular weight is 366 g/mol. The topological polar surface area (TPSA) is 96.7 Å². The van der Waals surface area contributed by atoms with E-state index in [2.05, 4.69) is 4.74 Å². The number of nitro benzene ring substituents is 1. The fourth-order valence-electron chi connectivity index (χ4n) is 2.57. The molecule has 1 aromatic heterocycles. The molecule has 3 rings (SSSR count). The van der Waals surface area contributed by atoms with Gasteiger partial charge >= 0.3 is 12.4 Å². The van der Waals surface area contributed by atoms with E-state index < -0.39 is 28.7 Å². The number of methoxy groups -OCH3 is 1. The Morgan fingerprint density at radius 2 is 2.00 bits per heavy atom. The van der Waals surface area contributed by atoms with Gasteiger partial charge in [-0.25, -0.2) is 4.79 Å². The summed E-state index contributed by atoms with van der Waals surface area (Å²) in [6.45, 7) is -3.38. The van der Waals surface area contributed by atoms with Crippen LogP contribution < -0.4 is 15.2 Å². The molecule has 0 spiro atoms. The molecule has 0 bridgehead atoms. The fourth-order valence-corrected chi connectivity index (χ4v) is 2.57. The third-order valence-corrected chi connectivity index (χ3v) is 3.68. The molecular formula is C16H12F2N2O6. The Morgan fingerprint density at radius 3 is 2.65 bits per heavy atom. The van der Waals surface area contributed by atoms with E-state index in [1.54, 1.807) is 24.3 Å². The molecule has 0 amide bonds. The number of fused-ring (bicyclic) bond motifs is 1. The van der Waals surface area contributed by atoms with Crippen LogP contribution >= 0.6 is 0 Å². The summed E-state index contributed by atoms with van der Waals surface area (Å²) in [5.74, 6) is -1.29. The van der Waals surface area contributed by atoms with Crippen LogP contribution in [0.1, 0.15) is 5.56 Å². The molecule has 136 valence electrons. The molecule has 0 unspecified atom stereocenters. The van der Waals surface area contributed by atoms with Crippen LogP contribution in [0.15, 0.2) is 45.6 Å². The molecule has 0 aliphatic carbocycles. The normalized spacial score (nSPS) is 11.1. The summed E-state index contributed by atoms with van der Waals surface area (Å²) in [5.41, 5.74) is 0.351. The average Bonchev–Trinajstić information content (AvgIpc) is 2.90. The van der Waals surface area contributed by atoms with Crippen molar-refractivity contribution in [3.05, 3.63) is 62.6 Å². The quantitative estimate of drug-likeness (QED) is 0.491. The first kappa shape index (κ1) is 17.4. The van der Waals surface area contributed by atoms with E-state index in [1.807, 2.05) is 0 Å². The fraction of sp³-hybridized carbons (Fsp3) is 0.188. The van der Waals surface area contributed by atoms with E-state index in [0.717, 1.165) is 6.07 Å². The Hall–Kier alpha value is -3.43. The highest BCUT2D eigenvalue weighted by Crippen LogP contribution is 2.36. The zero-order valence-corrected chi connectivity index (χ0v) is 13.3. The zero-order chi connectivity index (χ0) is 18.8. The highest BCUT2D eigenvalue weighted by atomic mass is 19.3. The standard InChI is InChI=1S/C16H12F2N2O6/c1-24-13-6-9(11(20(22)23)7-14(13)25-15(17)18)8-19-10-4-2-3-5-12(10)26-16(19)21/h2-7,15H,8H2,1H3. The van der Waals surface area contributed by atoms with Crippen molar-refractivity contribution in [1.82, 2.24) is 4.57 Å². The number of aromatic nitrogens is 1. The van der Waals surface area contributed by atoms with Gasteiger partial charge in [0.25, 0.3) is 5.69 Å². The van der Waals surface area contributed by atoms with E-state index in [9.17, 15) is 23.7 Å². The summed E-state index contributed by atoms with van der Waals surface area (Å²) in [5, 5.41) is 11.3. The number of nitrogens with zero attached hydrogens (tertiary/aromatic N) is 2. The third kappa shape index (κ3) is 3.21. The molecule has 0 aliphatic heterocycles. The van der Waals surface area contributed by atoms with Gasteiger partial charge in [0.1, 0.15) is 0 Å². The van der Waals surface area contributed by atoms with Crippen molar-refractivity contribution in [1.29, 1.82) is 0 Å². The molecule has 26 heavy (non-hydrogen) atoms. The molecule has 3 aromatic rings. The lowest BCUT2D eigenvalue weighted by atomic mass is 10.1. The Labute approximate surface area is 144 Å². The maximum absolute atomic E-state index is 12.5. The van der Waals surface area contributed by atoms with Crippen molar-refractivity contribution in [3.8, 4) is 11.5 Å². The Balaban J connectivity index is 2.12. The van der Waals surface area contributed by atoms with Crippen LogP contribution in [0.4, 0.5) is 14.5 Å². The largest absolute Gasteiger partial charge is 0.493 e. The molecule has 0 aliphatic rings. The van der Waals surface area contributed by atoms with Gasteiger partial charge in [-0.2, -0.15) is 8.78 Å². The summed E-state index contributed by atoms with van der Waals surface area (Å²) in [6, 6.07) is 8.59. The Morgan fingerprint density at radius 1 is 1.27 bits per heavy atom. The van der Waals surface area contributed by atoms with Gasteiger partial charge in [-0.05, 0) is 18.2 Å². The van der Waals surface area contributed by atoms with Gasteiger partial charge in [-0.1, -0.05) is 12.1 Å². The Bertz CT molecular complexity index is 1030. The first-order valence-corrected chi connectivity index (χ1v) is 7.29. The number of rotatable bonds is 6. The summed E-state index contributed by atoms with van der Waals surface area (Å²) in [4.78, 5) is 22.7. The number of oxazole rings is 1. The lowest BCUT2D eigenvalue weighted by molar-refractivity contribution is -0.385. The van der Waals surface area contributed by atoms with Gasteiger partial charge in [0.2, 0.25) is 0 Å². The number of nitro groups is 1. The molecular weight excluding hydrogens is 354 g/mol. The van der Waals surface area contributed by atoms with Crippen LogP contribution in [0.25, 0.3) is 11.1 Å². The summed E-state index contributed by atoms with van der Waals surface area (Å²) < 4.78 is 40.5. The molecule has 0 fully saturated rings. The minimum atomic E-state index is -3.17. The number of alkyl halides is 2. The van der Waals surface area contributed by atoms with E-state index in [4.69, 9.17) is 9.15 Å². The monoisotopic (exact) mass is 366 g/mol. The molecule has 0 atom stereocenters. The van der Waals surface area contributed by atoms with Gasteiger partial charge in [-0.15, -0.1) is 0 Å². The smallest absolute Gasteiger partial charge is 0.420 e. The lowest BCUT2D eigenvalue weighted by Crippen LogP contribution is -2.16. The van der Waals surface area contributed by atoms with Gasteiger partial charge in [0.05, 0.1) is 35.7 Å². The lowest BCUT2D eigenvalue weighted by Gasteiger charge is -2.12. The van der Waals surface area contributed by atoms with E-state index in [0.29, 0.717) is 11.1 Å². The molecule has 1 heterocycles. The molecule has 0 radical (unpaired) electrons. The number of ether oxygens (including phenoxy) is 2. The van der Waals surface area contributed by atoms with E-state index in [-0.39, 0.29) is 17.9 Å². The zero-order valence-electron chi connectivity index (χ0n) is 13.3. The minimum absolute atomic E-state index is 0.0714. The first-order valence-electron chi connectivity index (χ1n) is 7.29. The molecule has 8 nitrogen and oxygen atoms in total. The molecule has 2 aromatic carbocycles. The van der Waals surface area contributed by atoms with E-state index in [1.165, 1.54) is 17.7 Å². The first-order chi connectivity index (χ1) is 12.4. The molecule has 0 saturated heterocycles. The van der Waals surface area contributed by atoms with Crippen LogP contribution in [0.2, 0.25) is 0 Å². The minimum Gasteiger partial charge on any atom is -0.493 e. The van der Waals surface area contributed by atoms with E-state index >= 15 is 0 Å². The number of halogens is 2. The summed E-state index contributed by atoms with van der Waals surface area (Å²) in [6.07, 6.45) is 0. The van der Waals surface area contributed by atoms with Gasteiger partial charge < -0.3 is 13.9 Å². The van der Waals surface area contributed by atoms with Crippen LogP contribution in [-0.4, -0.2) is 23.2 Å². The van der Waals surface area contributed by atoms with Crippen molar-refractivity contribution in [3.63, 3.8) is 0 Å². The second-order valence-electron chi connectivity index (χ2n) is 5.19. The van der Waals surface area contributed by atoms with Crippen molar-refractivity contribution in [2.24, 2.45) is 0 Å². The van der Waals surface area contributed by atoms with Gasteiger partial charge in [0.15, 0.2) is 17.1 Å². The van der Waals surface area contributed by atoms with Crippen molar-refractivity contribution in [2.45, 2.75) is 13.2 Å². The van der Waals surface area contributed by atoms with Crippen molar-refractivity contribution >= 4 is 16.8 Å². The van der Waals surface area contributed by atoms with Crippen LogP contribution in [0, 0.1) is 10.1 Å². The number of para-hydroxylation sites is 2. The number of benzene rings is 2. The predicted molar refractivity (Wildman–Crippen MR) is 85.9 cm³/mol. The maximum atomic E-state index is 12.5. The highest BCUT2D eigenvalue weighted by Gasteiger charge is 2.23. The second-order valence-corrected chi connectivity index (χ2v) is 5.19. The highest BCUT2D eigenvalue weighted by molar-refractivity contribution is 5.72. The molecule has 10 heteroatoms. The van der Waals surface area contributed by atoms with Crippen LogP contribution in [-0.2, 0) is 6.54 Å². The number of hydrogen-bond acceptors (Lipinski definition) is 6. The van der Waals surface area contributed by atoms with Crippen molar-refractivity contribution < 1.29 is 27.6 Å². The van der Waals surface area contributed by atoms with Gasteiger partial charge in [0, 0.05) is 0 Å².